The Bertz CT molecular complexity index is 918. The molecule has 0 heterocycles. The van der Waals surface area contributed by atoms with Crippen molar-refractivity contribution in [1.29, 1.82) is 0 Å². The predicted octanol–water partition coefficient (Wildman–Crippen LogP) is 5.94. The van der Waals surface area contributed by atoms with Crippen molar-refractivity contribution >= 4 is 17.4 Å². The molecule has 0 aliphatic rings. The van der Waals surface area contributed by atoms with Gasteiger partial charge in [-0.2, -0.15) is 0 Å². The molecular weight excluding hydrogens is 360 g/mol. The zero-order valence-electron chi connectivity index (χ0n) is 14.9. The van der Waals surface area contributed by atoms with Crippen molar-refractivity contribution in [2.45, 2.75) is 19.4 Å². The number of hydrogen-bond donors (Lipinski definition) is 2. The Morgan fingerprint density at radius 2 is 1.63 bits per heavy atom. The van der Waals surface area contributed by atoms with Crippen LogP contribution in [0.3, 0.4) is 0 Å². The molecule has 2 N–H and O–H groups in total. The molecule has 0 aliphatic carbocycles. The molecule has 0 aliphatic heterocycles. The van der Waals surface area contributed by atoms with Gasteiger partial charge < -0.3 is 14.9 Å². The summed E-state index contributed by atoms with van der Waals surface area (Å²) in [6, 6.07) is 20.7. The Morgan fingerprint density at radius 3 is 2.30 bits per heavy atom. The minimum absolute atomic E-state index is 0.0420. The van der Waals surface area contributed by atoms with E-state index in [2.05, 4.69) is 6.58 Å². The normalized spacial score (nSPS) is 10.6. The topological polar surface area (TPSA) is 49.7 Å². The van der Waals surface area contributed by atoms with E-state index in [4.69, 9.17) is 16.3 Å². The van der Waals surface area contributed by atoms with E-state index in [9.17, 15) is 10.2 Å². The van der Waals surface area contributed by atoms with Crippen molar-refractivity contribution < 1.29 is 14.9 Å². The van der Waals surface area contributed by atoms with Crippen LogP contribution in [0.5, 0.6) is 11.5 Å². The molecule has 3 aromatic carbocycles. The number of phenolic OH excluding ortho intramolecular Hbond substituents is 1. The Kier molecular flexibility index (Phi) is 6.05. The molecular formula is C23H21ClO3. The van der Waals surface area contributed by atoms with Crippen molar-refractivity contribution in [3.05, 3.63) is 101 Å². The fourth-order valence-electron chi connectivity index (χ4n) is 2.86. The van der Waals surface area contributed by atoms with E-state index in [1.807, 2.05) is 60.7 Å². The average molecular weight is 381 g/mol. The maximum Gasteiger partial charge on any atom is 0.164 e. The number of hydrogen-bond acceptors (Lipinski definition) is 3. The van der Waals surface area contributed by atoms with Crippen LogP contribution in [0.15, 0.2) is 73.3 Å². The summed E-state index contributed by atoms with van der Waals surface area (Å²) in [5.41, 5.74) is 3.68. The van der Waals surface area contributed by atoms with E-state index in [1.165, 1.54) is 6.07 Å². The summed E-state index contributed by atoms with van der Waals surface area (Å²) in [5, 5.41) is 20.2. The third kappa shape index (κ3) is 5.05. The first-order chi connectivity index (χ1) is 13.0. The van der Waals surface area contributed by atoms with E-state index in [0.29, 0.717) is 29.4 Å². The average Bonchev–Trinajstić information content (AvgIpc) is 2.66. The maximum absolute atomic E-state index is 10.3. The number of benzene rings is 3. The van der Waals surface area contributed by atoms with Gasteiger partial charge in [-0.25, -0.2) is 0 Å². The Labute approximate surface area is 164 Å². The lowest BCUT2D eigenvalue weighted by atomic mass is 10.0. The third-order valence-electron chi connectivity index (χ3n) is 4.31. The molecule has 3 rings (SSSR count). The molecule has 0 saturated carbocycles. The van der Waals surface area contributed by atoms with Crippen LogP contribution in [0, 0.1) is 0 Å². The highest BCUT2D eigenvalue weighted by Crippen LogP contribution is 2.35. The first kappa shape index (κ1) is 18.9. The van der Waals surface area contributed by atoms with Crippen molar-refractivity contribution in [3.63, 3.8) is 0 Å². The van der Waals surface area contributed by atoms with Crippen LogP contribution in [0.4, 0.5) is 0 Å². The molecule has 138 valence electrons. The summed E-state index contributed by atoms with van der Waals surface area (Å²) in [7, 11) is 0. The molecule has 0 radical (unpaired) electrons. The molecule has 0 spiro atoms. The summed E-state index contributed by atoms with van der Waals surface area (Å²) < 4.78 is 5.89. The smallest absolute Gasteiger partial charge is 0.164 e. The number of aliphatic hydroxyl groups is 1. The largest absolute Gasteiger partial charge is 0.508 e. The Balaban J connectivity index is 1.74. The summed E-state index contributed by atoms with van der Waals surface area (Å²) in [6.07, 6.45) is 1.41. The monoisotopic (exact) mass is 380 g/mol. The minimum atomic E-state index is 0.0420. The van der Waals surface area contributed by atoms with E-state index in [1.54, 1.807) is 0 Å². The lowest BCUT2D eigenvalue weighted by molar-refractivity contribution is 0.286. The van der Waals surface area contributed by atoms with Crippen LogP contribution >= 0.6 is 11.6 Å². The summed E-state index contributed by atoms with van der Waals surface area (Å²) in [6.45, 7) is 3.89. The number of aromatic hydroxyl groups is 1. The van der Waals surface area contributed by atoms with E-state index >= 15 is 0 Å². The number of rotatable bonds is 7. The molecule has 0 atom stereocenters. The second-order valence-corrected chi connectivity index (χ2v) is 6.77. The first-order valence-electron chi connectivity index (χ1n) is 8.68. The first-order valence-corrected chi connectivity index (χ1v) is 9.06. The van der Waals surface area contributed by atoms with E-state index in [-0.39, 0.29) is 11.5 Å². The maximum atomic E-state index is 10.3. The van der Waals surface area contributed by atoms with Crippen molar-refractivity contribution in [1.82, 2.24) is 0 Å². The minimum Gasteiger partial charge on any atom is -0.508 e. The Morgan fingerprint density at radius 1 is 0.926 bits per heavy atom. The molecule has 0 aromatic heterocycles. The van der Waals surface area contributed by atoms with Crippen LogP contribution < -0.4 is 4.74 Å². The number of phenols is 1. The van der Waals surface area contributed by atoms with Gasteiger partial charge in [-0.15, -0.1) is 0 Å². The van der Waals surface area contributed by atoms with Crippen LogP contribution in [-0.2, 0) is 19.4 Å². The van der Waals surface area contributed by atoms with Crippen LogP contribution in [-0.4, -0.2) is 10.2 Å². The highest BCUT2D eigenvalue weighted by molar-refractivity contribution is 6.30. The summed E-state index contributed by atoms with van der Waals surface area (Å²) in [4.78, 5) is 0. The fraction of sp³-hybridized carbons (Fsp3) is 0.130. The van der Waals surface area contributed by atoms with Gasteiger partial charge in [-0.3, -0.25) is 0 Å². The number of aliphatic hydroxyl groups excluding tert-OH is 1. The van der Waals surface area contributed by atoms with Gasteiger partial charge in [0.25, 0.3) is 0 Å². The Hall–Kier alpha value is -2.91. The standard InChI is InChI=1S/C23H21ClO3/c1-16(25)19-10-7-17(8-11-19)9-12-20-13-21(24)14-22(26)23(20)27-15-18-5-3-2-4-6-18/h2-8,10-11,13-14,25-26H,1,9,12,15H2. The van der Waals surface area contributed by atoms with E-state index in [0.717, 1.165) is 23.1 Å². The number of halogens is 1. The van der Waals surface area contributed by atoms with Gasteiger partial charge in [0, 0.05) is 16.7 Å². The van der Waals surface area contributed by atoms with Gasteiger partial charge >= 0.3 is 0 Å². The zero-order valence-corrected chi connectivity index (χ0v) is 15.6. The second-order valence-electron chi connectivity index (χ2n) is 6.33. The molecule has 3 aromatic rings. The SMILES string of the molecule is C=C(O)c1ccc(CCc2cc(Cl)cc(O)c2OCc2ccccc2)cc1. The number of aryl methyl sites for hydroxylation is 2. The molecule has 0 unspecified atom stereocenters. The van der Waals surface area contributed by atoms with Gasteiger partial charge in [0.1, 0.15) is 12.4 Å². The van der Waals surface area contributed by atoms with Crippen molar-refractivity contribution in [2.75, 3.05) is 0 Å². The molecule has 0 bridgehead atoms. The zero-order chi connectivity index (χ0) is 19.2. The molecule has 27 heavy (non-hydrogen) atoms. The molecule has 3 nitrogen and oxygen atoms in total. The predicted molar refractivity (Wildman–Crippen MR) is 109 cm³/mol. The summed E-state index contributed by atoms with van der Waals surface area (Å²) >= 11 is 6.12. The van der Waals surface area contributed by atoms with Gasteiger partial charge in [0.05, 0.1) is 0 Å². The fourth-order valence-corrected chi connectivity index (χ4v) is 3.09. The van der Waals surface area contributed by atoms with Gasteiger partial charge in [0.15, 0.2) is 11.5 Å². The molecule has 0 amide bonds. The van der Waals surface area contributed by atoms with Gasteiger partial charge in [-0.1, -0.05) is 72.8 Å². The third-order valence-corrected chi connectivity index (χ3v) is 4.53. The summed E-state index contributed by atoms with van der Waals surface area (Å²) in [5.74, 6) is 0.557. The highest BCUT2D eigenvalue weighted by atomic mass is 35.5. The van der Waals surface area contributed by atoms with Crippen molar-refractivity contribution in [3.8, 4) is 11.5 Å². The number of ether oxygens (including phenoxy) is 1. The molecule has 0 saturated heterocycles. The molecule has 0 fully saturated rings. The van der Waals surface area contributed by atoms with Crippen LogP contribution in [0.1, 0.15) is 22.3 Å². The lowest BCUT2D eigenvalue weighted by Crippen LogP contribution is -2.01. The highest BCUT2D eigenvalue weighted by Gasteiger charge is 2.12. The van der Waals surface area contributed by atoms with E-state index < -0.39 is 0 Å². The quantitative estimate of drug-likeness (QED) is 0.499. The van der Waals surface area contributed by atoms with Crippen molar-refractivity contribution in [2.24, 2.45) is 0 Å². The molecule has 4 heteroatoms. The second kappa shape index (κ2) is 8.65. The van der Waals surface area contributed by atoms with Crippen LogP contribution in [0.2, 0.25) is 5.02 Å². The van der Waals surface area contributed by atoms with Crippen LogP contribution in [0.25, 0.3) is 5.76 Å². The lowest BCUT2D eigenvalue weighted by Gasteiger charge is -2.14. The van der Waals surface area contributed by atoms with Gasteiger partial charge in [-0.05, 0) is 35.6 Å². The van der Waals surface area contributed by atoms with Gasteiger partial charge in [0.2, 0.25) is 0 Å².